The van der Waals surface area contributed by atoms with E-state index < -0.39 is 0 Å². The maximum atomic E-state index is 6.16. The van der Waals surface area contributed by atoms with Crippen LogP contribution in [0.15, 0.2) is 22.7 Å². The number of hydrogen-bond donors (Lipinski definition) is 1. The number of anilines is 1. The topological polar surface area (TPSA) is 44.5 Å². The summed E-state index contributed by atoms with van der Waals surface area (Å²) in [5.74, 6) is 1.52. The summed E-state index contributed by atoms with van der Waals surface area (Å²) >= 11 is 5.30. The lowest BCUT2D eigenvalue weighted by Gasteiger charge is -2.11. The molecule has 0 saturated carbocycles. The molecule has 0 radical (unpaired) electrons. The maximum Gasteiger partial charge on any atom is 0.163 e. The highest BCUT2D eigenvalue weighted by atomic mass is 79.9. The maximum absolute atomic E-state index is 6.16. The highest BCUT2D eigenvalue weighted by Gasteiger charge is 2.17. The quantitative estimate of drug-likeness (QED) is 0.790. The van der Waals surface area contributed by atoms with E-state index in [-0.39, 0.29) is 0 Å². The van der Waals surface area contributed by atoms with Crippen LogP contribution in [0.3, 0.4) is 0 Å². The van der Waals surface area contributed by atoms with Gasteiger partial charge in [-0.3, -0.25) is 0 Å². The average Bonchev–Trinajstić information content (AvgIpc) is 2.59. The normalized spacial score (nSPS) is 14.2. The van der Waals surface area contributed by atoms with Gasteiger partial charge in [-0.15, -0.1) is 11.3 Å². The summed E-state index contributed by atoms with van der Waals surface area (Å²) in [6, 6.07) is 5.94. The molecule has 19 heavy (non-hydrogen) atoms. The number of benzene rings is 1. The Morgan fingerprint density at radius 3 is 2.47 bits per heavy atom. The Kier molecular flexibility index (Phi) is 3.41. The van der Waals surface area contributed by atoms with Crippen LogP contribution in [-0.4, -0.2) is 13.2 Å². The first-order valence-corrected chi connectivity index (χ1v) is 7.71. The minimum absolute atomic E-state index is 0.674. The van der Waals surface area contributed by atoms with E-state index in [9.17, 15) is 0 Å². The Morgan fingerprint density at radius 1 is 1.16 bits per heavy atom. The van der Waals surface area contributed by atoms with Crippen LogP contribution in [0.25, 0.3) is 10.4 Å². The van der Waals surface area contributed by atoms with Crippen molar-refractivity contribution < 1.29 is 9.47 Å². The molecule has 1 aromatic carbocycles. The molecule has 0 bridgehead atoms. The van der Waals surface area contributed by atoms with Gasteiger partial charge in [0.2, 0.25) is 0 Å². The van der Waals surface area contributed by atoms with Crippen molar-refractivity contribution in [2.45, 2.75) is 13.3 Å². The zero-order chi connectivity index (χ0) is 13.4. The van der Waals surface area contributed by atoms with Gasteiger partial charge in [0.1, 0.15) is 0 Å². The Hall–Kier alpha value is -1.20. The molecule has 5 heteroatoms. The van der Waals surface area contributed by atoms with Gasteiger partial charge >= 0.3 is 0 Å². The van der Waals surface area contributed by atoms with Crippen LogP contribution in [0, 0.1) is 6.92 Å². The molecule has 2 heterocycles. The number of nitrogens with two attached hydrogens (primary N) is 1. The van der Waals surface area contributed by atoms with Crippen molar-refractivity contribution in [3.05, 3.63) is 27.5 Å². The molecule has 0 fully saturated rings. The monoisotopic (exact) mass is 339 g/mol. The van der Waals surface area contributed by atoms with Crippen LogP contribution in [-0.2, 0) is 0 Å². The molecule has 1 aliphatic rings. The molecule has 0 atom stereocenters. The summed E-state index contributed by atoms with van der Waals surface area (Å²) in [6.07, 6.45) is 0.895. The summed E-state index contributed by atoms with van der Waals surface area (Å²) in [4.78, 5) is 2.37. The van der Waals surface area contributed by atoms with Gasteiger partial charge in [-0.05, 0) is 35.0 Å². The van der Waals surface area contributed by atoms with E-state index in [1.807, 2.05) is 12.1 Å². The summed E-state index contributed by atoms with van der Waals surface area (Å²) in [6.45, 7) is 3.44. The molecule has 1 aliphatic heterocycles. The van der Waals surface area contributed by atoms with Gasteiger partial charge in [0.25, 0.3) is 0 Å². The number of rotatable bonds is 1. The van der Waals surface area contributed by atoms with Crippen molar-refractivity contribution in [3.63, 3.8) is 0 Å². The van der Waals surface area contributed by atoms with Crippen molar-refractivity contribution in [2.24, 2.45) is 0 Å². The Morgan fingerprint density at radius 2 is 1.84 bits per heavy atom. The second-order valence-electron chi connectivity index (χ2n) is 4.47. The average molecular weight is 340 g/mol. The predicted octanol–water partition coefficient (Wildman–Crippen LogP) is 4.23. The fraction of sp³-hybridized carbons (Fsp3) is 0.286. The van der Waals surface area contributed by atoms with Crippen molar-refractivity contribution in [3.8, 4) is 21.9 Å². The molecule has 0 spiro atoms. The highest BCUT2D eigenvalue weighted by Crippen LogP contribution is 2.44. The van der Waals surface area contributed by atoms with Crippen LogP contribution in [0.1, 0.15) is 11.3 Å². The van der Waals surface area contributed by atoms with Crippen molar-refractivity contribution in [1.29, 1.82) is 0 Å². The van der Waals surface area contributed by atoms with Crippen molar-refractivity contribution >= 4 is 33.0 Å². The first-order valence-electron chi connectivity index (χ1n) is 6.10. The standard InChI is InChI=1S/C14H14BrNO2S/c1-8-5-10(15)14(19-8)9-6-12-13(7-11(9)16)18-4-2-3-17-12/h5-7H,2-4,16H2,1H3. The third-order valence-corrected chi connectivity index (χ3v) is 4.95. The summed E-state index contributed by atoms with van der Waals surface area (Å²) in [5.41, 5.74) is 7.87. The molecular formula is C14H14BrNO2S. The first kappa shape index (κ1) is 12.8. The van der Waals surface area contributed by atoms with E-state index in [1.54, 1.807) is 11.3 Å². The molecule has 3 nitrogen and oxygen atoms in total. The van der Waals surface area contributed by atoms with Crippen LogP contribution in [0.5, 0.6) is 11.5 Å². The van der Waals surface area contributed by atoms with Crippen molar-refractivity contribution in [2.75, 3.05) is 18.9 Å². The second kappa shape index (κ2) is 5.06. The van der Waals surface area contributed by atoms with Gasteiger partial charge in [0.05, 0.1) is 18.1 Å². The molecule has 0 aliphatic carbocycles. The third-order valence-electron chi connectivity index (χ3n) is 2.97. The number of aryl methyl sites for hydroxylation is 1. The van der Waals surface area contributed by atoms with Crippen LogP contribution < -0.4 is 15.2 Å². The molecule has 2 aromatic rings. The summed E-state index contributed by atoms with van der Waals surface area (Å²) < 4.78 is 12.4. The molecule has 0 amide bonds. The molecule has 3 rings (SSSR count). The molecule has 1 aromatic heterocycles. The van der Waals surface area contributed by atoms with Crippen LogP contribution in [0.4, 0.5) is 5.69 Å². The van der Waals surface area contributed by atoms with Gasteiger partial charge in [-0.25, -0.2) is 0 Å². The number of hydrogen-bond acceptors (Lipinski definition) is 4. The Balaban J connectivity index is 2.12. The van der Waals surface area contributed by atoms with E-state index in [0.717, 1.165) is 32.8 Å². The number of nitrogen functional groups attached to an aromatic ring is 1. The van der Waals surface area contributed by atoms with Crippen molar-refractivity contribution in [1.82, 2.24) is 0 Å². The number of halogens is 1. The largest absolute Gasteiger partial charge is 0.490 e. The minimum atomic E-state index is 0.674. The van der Waals surface area contributed by atoms with E-state index >= 15 is 0 Å². The minimum Gasteiger partial charge on any atom is -0.490 e. The van der Waals surface area contributed by atoms with E-state index in [2.05, 4.69) is 28.9 Å². The van der Waals surface area contributed by atoms with Gasteiger partial charge in [0, 0.05) is 33.1 Å². The van der Waals surface area contributed by atoms with Gasteiger partial charge in [-0.2, -0.15) is 0 Å². The smallest absolute Gasteiger partial charge is 0.163 e. The molecule has 100 valence electrons. The van der Waals surface area contributed by atoms with Gasteiger partial charge in [-0.1, -0.05) is 0 Å². The zero-order valence-corrected chi connectivity index (χ0v) is 12.9. The second-order valence-corrected chi connectivity index (χ2v) is 6.58. The van der Waals surface area contributed by atoms with E-state index in [0.29, 0.717) is 18.9 Å². The fourth-order valence-electron chi connectivity index (χ4n) is 2.09. The molecule has 0 unspecified atom stereocenters. The van der Waals surface area contributed by atoms with Crippen LogP contribution in [0.2, 0.25) is 0 Å². The molecule has 0 saturated heterocycles. The fourth-order valence-corrected chi connectivity index (χ4v) is 3.98. The van der Waals surface area contributed by atoms with Crippen LogP contribution >= 0.6 is 27.3 Å². The lowest BCUT2D eigenvalue weighted by Crippen LogP contribution is -1.97. The molecular weight excluding hydrogens is 326 g/mol. The van der Waals surface area contributed by atoms with Gasteiger partial charge < -0.3 is 15.2 Å². The first-order chi connectivity index (χ1) is 9.15. The summed E-state index contributed by atoms with van der Waals surface area (Å²) in [7, 11) is 0. The predicted molar refractivity (Wildman–Crippen MR) is 82.2 cm³/mol. The number of fused-ring (bicyclic) bond motifs is 1. The zero-order valence-electron chi connectivity index (χ0n) is 10.5. The summed E-state index contributed by atoms with van der Waals surface area (Å²) in [5, 5.41) is 0. The Bertz CT molecular complexity index is 624. The number of ether oxygens (including phenoxy) is 2. The third kappa shape index (κ3) is 2.44. The lowest BCUT2D eigenvalue weighted by molar-refractivity contribution is 0.297. The van der Waals surface area contributed by atoms with Gasteiger partial charge in [0.15, 0.2) is 11.5 Å². The van der Waals surface area contributed by atoms with E-state index in [1.165, 1.54) is 4.88 Å². The SMILES string of the molecule is Cc1cc(Br)c(-c2cc3c(cc2N)OCCCO3)s1. The molecule has 2 N–H and O–H groups in total. The Labute approximate surface area is 124 Å². The highest BCUT2D eigenvalue weighted by molar-refractivity contribution is 9.10. The van der Waals surface area contributed by atoms with E-state index in [4.69, 9.17) is 15.2 Å². The lowest BCUT2D eigenvalue weighted by atomic mass is 10.1. The number of thiophene rings is 1.